The van der Waals surface area contributed by atoms with Crippen molar-refractivity contribution in [2.75, 3.05) is 5.32 Å². The number of carbonyl (C=O) groups excluding carboxylic acids is 2. The molecule has 2 amide bonds. The molecule has 164 valence electrons. The summed E-state index contributed by atoms with van der Waals surface area (Å²) in [5.41, 5.74) is -0.433. The minimum absolute atomic E-state index is 0.0171. The molecule has 0 aliphatic heterocycles. The van der Waals surface area contributed by atoms with Gasteiger partial charge in [-0.15, -0.1) is 11.3 Å². The number of rotatable bonds is 6. The minimum Gasteiger partial charge on any atom is -0.348 e. The summed E-state index contributed by atoms with van der Waals surface area (Å²) in [6.07, 6.45) is -4.63. The average Bonchev–Trinajstić information content (AvgIpc) is 3.30. The first-order valence-corrected chi connectivity index (χ1v) is 10.3. The molecule has 0 bridgehead atoms. The molecule has 0 spiro atoms. The van der Waals surface area contributed by atoms with E-state index in [-0.39, 0.29) is 28.9 Å². The number of aromatic nitrogens is 2. The highest BCUT2D eigenvalue weighted by molar-refractivity contribution is 7.10. The van der Waals surface area contributed by atoms with E-state index in [1.165, 1.54) is 24.3 Å². The van der Waals surface area contributed by atoms with Crippen LogP contribution in [0.3, 0.4) is 0 Å². The number of anilines is 1. The number of amides is 2. The molecule has 0 radical (unpaired) electrons. The summed E-state index contributed by atoms with van der Waals surface area (Å²) in [7, 11) is 0. The van der Waals surface area contributed by atoms with E-state index in [4.69, 9.17) is 11.6 Å². The number of benzene rings is 1. The quantitative estimate of drug-likeness (QED) is 0.525. The third-order valence-electron chi connectivity index (χ3n) is 4.25. The monoisotopic (exact) mass is 470 g/mol. The standard InChI is InChI=1S/C20H18ClF3N4O2S/c1-11-8-18(26-19(30)10-15(25-12(2)29)17-4-3-7-31-17)28(27-11)16-9-13(20(22,23)24)5-6-14(16)21/h3-9,15H,10H2,1-2H3,(H,25,29)(H,26,30)/t15-/m1/s1. The minimum atomic E-state index is -4.56. The molecule has 0 fully saturated rings. The summed E-state index contributed by atoms with van der Waals surface area (Å²) < 4.78 is 40.6. The number of nitrogens with one attached hydrogen (secondary N) is 2. The topological polar surface area (TPSA) is 76.0 Å². The lowest BCUT2D eigenvalue weighted by Gasteiger charge is -2.17. The van der Waals surface area contributed by atoms with Crippen molar-refractivity contribution >= 4 is 40.6 Å². The number of thiophene rings is 1. The molecule has 0 saturated heterocycles. The summed E-state index contributed by atoms with van der Waals surface area (Å²) in [5, 5.41) is 11.4. The van der Waals surface area contributed by atoms with E-state index in [1.807, 2.05) is 5.38 Å². The van der Waals surface area contributed by atoms with E-state index in [0.29, 0.717) is 5.69 Å². The van der Waals surface area contributed by atoms with Gasteiger partial charge in [0.05, 0.1) is 34.4 Å². The molecule has 1 atom stereocenters. The number of alkyl halides is 3. The highest BCUT2D eigenvalue weighted by Gasteiger charge is 2.31. The molecular formula is C20H18ClF3N4O2S. The van der Waals surface area contributed by atoms with Crippen LogP contribution in [0.2, 0.25) is 5.02 Å². The van der Waals surface area contributed by atoms with Gasteiger partial charge < -0.3 is 10.6 Å². The molecule has 2 N–H and O–H groups in total. The second-order valence-electron chi connectivity index (χ2n) is 6.77. The molecule has 0 unspecified atom stereocenters. The fourth-order valence-electron chi connectivity index (χ4n) is 2.96. The average molecular weight is 471 g/mol. The number of halogens is 4. The van der Waals surface area contributed by atoms with Gasteiger partial charge in [-0.05, 0) is 36.6 Å². The Labute approximate surface area is 185 Å². The zero-order valence-electron chi connectivity index (χ0n) is 16.5. The number of hydrogen-bond donors (Lipinski definition) is 2. The van der Waals surface area contributed by atoms with Gasteiger partial charge in [-0.2, -0.15) is 18.3 Å². The van der Waals surface area contributed by atoms with Gasteiger partial charge in [-0.1, -0.05) is 17.7 Å². The molecule has 1 aromatic carbocycles. The lowest BCUT2D eigenvalue weighted by molar-refractivity contribution is -0.137. The Morgan fingerprint density at radius 2 is 2.00 bits per heavy atom. The van der Waals surface area contributed by atoms with Crippen molar-refractivity contribution in [3.63, 3.8) is 0 Å². The van der Waals surface area contributed by atoms with Crippen LogP contribution in [0.25, 0.3) is 5.69 Å². The Hall–Kier alpha value is -2.85. The van der Waals surface area contributed by atoms with Gasteiger partial charge >= 0.3 is 6.18 Å². The molecule has 31 heavy (non-hydrogen) atoms. The van der Waals surface area contributed by atoms with E-state index in [1.54, 1.807) is 19.1 Å². The Balaban J connectivity index is 1.87. The smallest absolute Gasteiger partial charge is 0.348 e. The van der Waals surface area contributed by atoms with Gasteiger partial charge in [0.2, 0.25) is 11.8 Å². The number of carbonyl (C=O) groups is 2. The first-order valence-electron chi connectivity index (χ1n) is 9.08. The molecule has 2 heterocycles. The van der Waals surface area contributed by atoms with Crippen LogP contribution in [-0.4, -0.2) is 21.6 Å². The summed E-state index contributed by atoms with van der Waals surface area (Å²) in [5.74, 6) is -0.573. The van der Waals surface area contributed by atoms with Crippen molar-refractivity contribution in [1.29, 1.82) is 0 Å². The van der Waals surface area contributed by atoms with Crippen molar-refractivity contribution in [1.82, 2.24) is 15.1 Å². The molecule has 0 aliphatic carbocycles. The van der Waals surface area contributed by atoms with Crippen molar-refractivity contribution in [3.8, 4) is 5.69 Å². The molecule has 0 aliphatic rings. The highest BCUT2D eigenvalue weighted by atomic mass is 35.5. The number of hydrogen-bond acceptors (Lipinski definition) is 4. The lowest BCUT2D eigenvalue weighted by Crippen LogP contribution is -2.29. The van der Waals surface area contributed by atoms with Gasteiger partial charge in [0.1, 0.15) is 5.82 Å². The van der Waals surface area contributed by atoms with Crippen LogP contribution >= 0.6 is 22.9 Å². The van der Waals surface area contributed by atoms with E-state index >= 15 is 0 Å². The normalized spacial score (nSPS) is 12.5. The summed E-state index contributed by atoms with van der Waals surface area (Å²) >= 11 is 7.52. The van der Waals surface area contributed by atoms with Crippen LogP contribution in [0.1, 0.15) is 35.5 Å². The Morgan fingerprint density at radius 1 is 1.26 bits per heavy atom. The Bertz CT molecular complexity index is 1100. The maximum absolute atomic E-state index is 13.1. The molecule has 3 rings (SSSR count). The Kier molecular flexibility index (Phi) is 6.71. The fraction of sp³-hybridized carbons (Fsp3) is 0.250. The van der Waals surface area contributed by atoms with Crippen molar-refractivity contribution < 1.29 is 22.8 Å². The van der Waals surface area contributed by atoms with Crippen molar-refractivity contribution in [2.24, 2.45) is 0 Å². The molecular weight excluding hydrogens is 453 g/mol. The zero-order chi connectivity index (χ0) is 22.8. The van der Waals surface area contributed by atoms with E-state index in [2.05, 4.69) is 15.7 Å². The third-order valence-corrected chi connectivity index (χ3v) is 5.56. The predicted octanol–water partition coefficient (Wildman–Crippen LogP) is 5.12. The maximum Gasteiger partial charge on any atom is 0.416 e. The third kappa shape index (κ3) is 5.65. The van der Waals surface area contributed by atoms with Crippen molar-refractivity contribution in [3.05, 3.63) is 62.9 Å². The summed E-state index contributed by atoms with van der Waals surface area (Å²) in [4.78, 5) is 25.0. The second-order valence-corrected chi connectivity index (χ2v) is 8.15. The van der Waals surface area contributed by atoms with Crippen LogP contribution in [0.5, 0.6) is 0 Å². The van der Waals surface area contributed by atoms with Crippen LogP contribution in [0.4, 0.5) is 19.0 Å². The Morgan fingerprint density at radius 3 is 2.61 bits per heavy atom. The predicted molar refractivity (Wildman–Crippen MR) is 112 cm³/mol. The molecule has 11 heteroatoms. The SMILES string of the molecule is CC(=O)N[C@H](CC(=O)Nc1cc(C)nn1-c1cc(C(F)(F)F)ccc1Cl)c1cccs1. The molecule has 3 aromatic rings. The van der Waals surface area contributed by atoms with Crippen LogP contribution in [0.15, 0.2) is 41.8 Å². The van der Waals surface area contributed by atoms with Gasteiger partial charge in [-0.3, -0.25) is 9.59 Å². The second kappa shape index (κ2) is 9.11. The van der Waals surface area contributed by atoms with Crippen LogP contribution in [0, 0.1) is 6.92 Å². The highest BCUT2D eigenvalue weighted by Crippen LogP contribution is 2.34. The summed E-state index contributed by atoms with van der Waals surface area (Å²) in [6, 6.07) is 7.47. The largest absolute Gasteiger partial charge is 0.416 e. The van der Waals surface area contributed by atoms with E-state index in [9.17, 15) is 22.8 Å². The number of aryl methyl sites for hydroxylation is 1. The number of nitrogens with zero attached hydrogens (tertiary/aromatic N) is 2. The van der Waals surface area contributed by atoms with Gasteiger partial charge in [0, 0.05) is 17.9 Å². The first kappa shape index (κ1) is 22.8. The van der Waals surface area contributed by atoms with E-state index < -0.39 is 23.7 Å². The molecule has 0 saturated carbocycles. The molecule has 2 aromatic heterocycles. The zero-order valence-corrected chi connectivity index (χ0v) is 18.0. The van der Waals surface area contributed by atoms with Crippen LogP contribution < -0.4 is 10.6 Å². The molecule has 6 nitrogen and oxygen atoms in total. The fourth-order valence-corrected chi connectivity index (χ4v) is 3.94. The van der Waals surface area contributed by atoms with E-state index in [0.717, 1.165) is 27.8 Å². The lowest BCUT2D eigenvalue weighted by atomic mass is 10.1. The first-order chi connectivity index (χ1) is 14.5. The van der Waals surface area contributed by atoms with Crippen molar-refractivity contribution in [2.45, 2.75) is 32.5 Å². The van der Waals surface area contributed by atoms with Gasteiger partial charge in [0.15, 0.2) is 0 Å². The van der Waals surface area contributed by atoms with Crippen LogP contribution in [-0.2, 0) is 15.8 Å². The summed E-state index contributed by atoms with van der Waals surface area (Å²) in [6.45, 7) is 2.99. The maximum atomic E-state index is 13.1. The van der Waals surface area contributed by atoms with Gasteiger partial charge in [0.25, 0.3) is 0 Å². The van der Waals surface area contributed by atoms with Gasteiger partial charge in [-0.25, -0.2) is 4.68 Å².